The molecule has 1 aliphatic heterocycles. The number of hydrogen-bond acceptors (Lipinski definition) is 4. The van der Waals surface area contributed by atoms with Crippen LogP contribution in [0.15, 0.2) is 35.7 Å². The topological polar surface area (TPSA) is 78.5 Å². The van der Waals surface area contributed by atoms with Gasteiger partial charge in [0.1, 0.15) is 6.54 Å². The molecular formula is C18H19N3O3S. The Bertz CT molecular complexity index is 847. The summed E-state index contributed by atoms with van der Waals surface area (Å²) in [6.45, 7) is 5.15. The lowest BCUT2D eigenvalue weighted by atomic mass is 10.0. The van der Waals surface area contributed by atoms with Crippen LogP contribution in [0.4, 0.5) is 10.5 Å². The maximum absolute atomic E-state index is 12.7. The molecule has 0 bridgehead atoms. The van der Waals surface area contributed by atoms with Gasteiger partial charge in [0.15, 0.2) is 5.54 Å². The van der Waals surface area contributed by atoms with Gasteiger partial charge in [0.2, 0.25) is 5.91 Å². The third-order valence-electron chi connectivity index (χ3n) is 4.26. The zero-order valence-electron chi connectivity index (χ0n) is 14.3. The summed E-state index contributed by atoms with van der Waals surface area (Å²) in [6, 6.07) is 8.77. The molecule has 0 radical (unpaired) electrons. The van der Waals surface area contributed by atoms with E-state index < -0.39 is 23.4 Å². The minimum absolute atomic E-state index is 0.320. The minimum atomic E-state index is -1.12. The molecule has 1 fully saturated rings. The third kappa shape index (κ3) is 3.15. The Morgan fingerprint density at radius 3 is 2.72 bits per heavy atom. The summed E-state index contributed by atoms with van der Waals surface area (Å²) in [7, 11) is 0. The first kappa shape index (κ1) is 17.2. The highest BCUT2D eigenvalue weighted by atomic mass is 32.1. The number of rotatable bonds is 4. The molecule has 7 heteroatoms. The van der Waals surface area contributed by atoms with Crippen molar-refractivity contribution < 1.29 is 14.4 Å². The molecule has 1 atom stereocenters. The number of imide groups is 1. The fraction of sp³-hybridized carbons (Fsp3) is 0.278. The summed E-state index contributed by atoms with van der Waals surface area (Å²) in [5.74, 6) is -0.830. The first-order valence-corrected chi connectivity index (χ1v) is 8.74. The van der Waals surface area contributed by atoms with Crippen LogP contribution in [0, 0.1) is 13.8 Å². The predicted molar refractivity (Wildman–Crippen MR) is 96.5 cm³/mol. The van der Waals surface area contributed by atoms with Gasteiger partial charge < -0.3 is 10.6 Å². The number of benzene rings is 1. The molecule has 3 rings (SSSR count). The van der Waals surface area contributed by atoms with Crippen LogP contribution in [0.2, 0.25) is 0 Å². The summed E-state index contributed by atoms with van der Waals surface area (Å²) in [6.07, 6.45) is 0. The molecule has 0 spiro atoms. The van der Waals surface area contributed by atoms with E-state index in [1.54, 1.807) is 13.0 Å². The first-order valence-electron chi connectivity index (χ1n) is 7.86. The second kappa shape index (κ2) is 6.33. The van der Waals surface area contributed by atoms with E-state index in [0.29, 0.717) is 5.69 Å². The van der Waals surface area contributed by atoms with E-state index in [1.807, 2.05) is 43.5 Å². The lowest BCUT2D eigenvalue weighted by Gasteiger charge is -2.20. The average Bonchev–Trinajstić information content (AvgIpc) is 3.16. The highest BCUT2D eigenvalue weighted by Gasteiger charge is 2.50. The van der Waals surface area contributed by atoms with Crippen LogP contribution < -0.4 is 10.6 Å². The van der Waals surface area contributed by atoms with Gasteiger partial charge in [-0.25, -0.2) is 4.79 Å². The lowest BCUT2D eigenvalue weighted by Crippen LogP contribution is -2.41. The van der Waals surface area contributed by atoms with Crippen LogP contribution in [0.5, 0.6) is 0 Å². The van der Waals surface area contributed by atoms with Crippen molar-refractivity contribution in [3.05, 3.63) is 51.7 Å². The van der Waals surface area contributed by atoms with Gasteiger partial charge in [-0.05, 0) is 49.4 Å². The molecule has 6 nitrogen and oxygen atoms in total. The van der Waals surface area contributed by atoms with Crippen molar-refractivity contribution in [3.63, 3.8) is 0 Å². The van der Waals surface area contributed by atoms with Crippen molar-refractivity contribution in [2.75, 3.05) is 11.9 Å². The Balaban J connectivity index is 1.74. The molecule has 0 aliphatic carbocycles. The number of nitrogens with one attached hydrogen (secondary N) is 2. The molecule has 130 valence electrons. The van der Waals surface area contributed by atoms with Gasteiger partial charge in [0.05, 0.1) is 0 Å². The molecular weight excluding hydrogens is 338 g/mol. The minimum Gasteiger partial charge on any atom is -0.324 e. The quantitative estimate of drug-likeness (QED) is 0.826. The third-order valence-corrected chi connectivity index (χ3v) is 5.35. The molecule has 2 aromatic rings. The number of thiophene rings is 1. The van der Waals surface area contributed by atoms with Crippen molar-refractivity contribution >= 4 is 34.9 Å². The predicted octanol–water partition coefficient (Wildman–Crippen LogP) is 2.77. The number of urea groups is 1. The second-order valence-corrected chi connectivity index (χ2v) is 7.24. The normalized spacial score (nSPS) is 19.9. The molecule has 1 aromatic carbocycles. The van der Waals surface area contributed by atoms with Gasteiger partial charge in [-0.3, -0.25) is 14.5 Å². The lowest BCUT2D eigenvalue weighted by molar-refractivity contribution is -0.133. The number of anilines is 1. The smallest absolute Gasteiger partial charge is 0.324 e. The molecule has 1 saturated heterocycles. The van der Waals surface area contributed by atoms with E-state index >= 15 is 0 Å². The maximum atomic E-state index is 12.7. The highest BCUT2D eigenvalue weighted by molar-refractivity contribution is 7.10. The second-order valence-electron chi connectivity index (χ2n) is 6.29. The Morgan fingerprint density at radius 2 is 2.04 bits per heavy atom. The largest absolute Gasteiger partial charge is 0.325 e. The molecule has 1 aliphatic rings. The average molecular weight is 357 g/mol. The Hall–Kier alpha value is -2.67. The van der Waals surface area contributed by atoms with Crippen LogP contribution in [0.3, 0.4) is 0 Å². The highest BCUT2D eigenvalue weighted by Crippen LogP contribution is 2.31. The Kier molecular flexibility index (Phi) is 4.34. The van der Waals surface area contributed by atoms with Crippen molar-refractivity contribution in [3.8, 4) is 0 Å². The summed E-state index contributed by atoms with van der Waals surface area (Å²) in [4.78, 5) is 39.0. The van der Waals surface area contributed by atoms with E-state index in [4.69, 9.17) is 0 Å². The number of aryl methyl sites for hydroxylation is 2. The zero-order valence-corrected chi connectivity index (χ0v) is 15.1. The summed E-state index contributed by atoms with van der Waals surface area (Å²) in [5.41, 5.74) is 1.49. The van der Waals surface area contributed by atoms with Gasteiger partial charge in [0, 0.05) is 10.6 Å². The van der Waals surface area contributed by atoms with Gasteiger partial charge in [0.25, 0.3) is 5.91 Å². The zero-order chi connectivity index (χ0) is 18.2. The van der Waals surface area contributed by atoms with E-state index in [0.717, 1.165) is 20.9 Å². The molecule has 1 aromatic heterocycles. The summed E-state index contributed by atoms with van der Waals surface area (Å²) in [5, 5.41) is 7.30. The van der Waals surface area contributed by atoms with Gasteiger partial charge >= 0.3 is 6.03 Å². The van der Waals surface area contributed by atoms with Crippen molar-refractivity contribution in [1.29, 1.82) is 0 Å². The van der Waals surface area contributed by atoms with Gasteiger partial charge in [-0.15, -0.1) is 11.3 Å². The number of hydrogen-bond donors (Lipinski definition) is 2. The van der Waals surface area contributed by atoms with Crippen LogP contribution >= 0.6 is 11.3 Å². The fourth-order valence-electron chi connectivity index (χ4n) is 2.77. The number of nitrogens with zero attached hydrogens (tertiary/aromatic N) is 1. The molecule has 1 unspecified atom stereocenters. The van der Waals surface area contributed by atoms with Crippen LogP contribution in [-0.4, -0.2) is 29.3 Å². The SMILES string of the molecule is Cc1ccc(C)c(NC(=O)CN2C(=O)NC(C)(c3cccs3)C2=O)c1. The molecule has 2 heterocycles. The van der Waals surface area contributed by atoms with E-state index in [-0.39, 0.29) is 6.54 Å². The van der Waals surface area contributed by atoms with Gasteiger partial charge in [-0.2, -0.15) is 0 Å². The number of carbonyl (C=O) groups excluding carboxylic acids is 3. The van der Waals surface area contributed by atoms with E-state index in [2.05, 4.69) is 10.6 Å². The van der Waals surface area contributed by atoms with Crippen molar-refractivity contribution in [2.45, 2.75) is 26.3 Å². The summed E-state index contributed by atoms with van der Waals surface area (Å²) < 4.78 is 0. The van der Waals surface area contributed by atoms with E-state index in [1.165, 1.54) is 11.3 Å². The van der Waals surface area contributed by atoms with Gasteiger partial charge in [-0.1, -0.05) is 18.2 Å². The fourth-order valence-corrected chi connectivity index (χ4v) is 3.61. The van der Waals surface area contributed by atoms with Crippen LogP contribution in [0.25, 0.3) is 0 Å². The first-order chi connectivity index (χ1) is 11.8. The maximum Gasteiger partial charge on any atom is 0.325 e. The Labute approximate surface area is 149 Å². The number of amides is 4. The van der Waals surface area contributed by atoms with Crippen LogP contribution in [0.1, 0.15) is 22.9 Å². The molecule has 2 N–H and O–H groups in total. The Morgan fingerprint density at radius 1 is 1.28 bits per heavy atom. The van der Waals surface area contributed by atoms with Crippen molar-refractivity contribution in [2.24, 2.45) is 0 Å². The number of carbonyl (C=O) groups is 3. The standard InChI is InChI=1S/C18H19N3O3S/c1-11-6-7-12(2)13(9-11)19-15(22)10-21-16(23)18(3,20-17(21)24)14-5-4-8-25-14/h4-9H,10H2,1-3H3,(H,19,22)(H,20,24). The molecule has 4 amide bonds. The van der Waals surface area contributed by atoms with Crippen LogP contribution in [-0.2, 0) is 15.1 Å². The van der Waals surface area contributed by atoms with Crippen molar-refractivity contribution in [1.82, 2.24) is 10.2 Å². The molecule has 0 saturated carbocycles. The van der Waals surface area contributed by atoms with E-state index in [9.17, 15) is 14.4 Å². The monoisotopic (exact) mass is 357 g/mol. The summed E-state index contributed by atoms with van der Waals surface area (Å²) >= 11 is 1.39. The molecule has 25 heavy (non-hydrogen) atoms.